The summed E-state index contributed by atoms with van der Waals surface area (Å²) >= 11 is 0. The largest absolute Gasteiger partial charge is 0.508 e. The highest BCUT2D eigenvalue weighted by molar-refractivity contribution is 5.94. The van der Waals surface area contributed by atoms with Gasteiger partial charge in [0.25, 0.3) is 0 Å². The smallest absolute Gasteiger partial charge is 0.343 e. The number of aromatic hydroxyl groups is 5. The highest BCUT2D eigenvalue weighted by Crippen LogP contribution is 2.30. The number of aryl methyl sites for hydroxylation is 6. The number of ether oxygens (including phenoxy) is 12. The van der Waals surface area contributed by atoms with Gasteiger partial charge < -0.3 is 100 Å². The van der Waals surface area contributed by atoms with Crippen LogP contribution in [0.15, 0.2) is 287 Å². The van der Waals surface area contributed by atoms with Crippen LogP contribution in [0.3, 0.4) is 0 Å². The Morgan fingerprint density at radius 1 is 0.270 bits per heavy atom. The van der Waals surface area contributed by atoms with E-state index in [2.05, 4.69) is 19.7 Å². The molecule has 0 saturated carbocycles. The van der Waals surface area contributed by atoms with E-state index >= 15 is 0 Å². The van der Waals surface area contributed by atoms with Crippen LogP contribution >= 0.6 is 0 Å². The Morgan fingerprint density at radius 3 is 0.823 bits per heavy atom. The summed E-state index contributed by atoms with van der Waals surface area (Å²) in [5.74, 6) is -1.61. The lowest BCUT2D eigenvalue weighted by atomic mass is 10.1. The molecule has 11 aromatic carbocycles. The average molecular weight is 1930 g/mol. The minimum absolute atomic E-state index is 0. The van der Waals surface area contributed by atoms with Crippen LogP contribution in [0.25, 0.3) is 0 Å². The van der Waals surface area contributed by atoms with E-state index in [-0.39, 0.29) is 101 Å². The zero-order chi connectivity index (χ0) is 101. The maximum absolute atomic E-state index is 13.0. The van der Waals surface area contributed by atoms with Crippen LogP contribution in [0, 0.1) is 28.2 Å². The van der Waals surface area contributed by atoms with E-state index in [0.29, 0.717) is 98.2 Å². The van der Waals surface area contributed by atoms with Gasteiger partial charge in [-0.05, 0) is 363 Å². The SMILES string of the molecule is C=CC(=O)OCCCCCCOc1ccc(CCC(=O)O)cc1.C=CC(=O)OCCCCCCOc1ccc(CCC(=O)Oc2ccc(C(=O)Oc3ccc(OC(=O)c4ccc(OC(=O)CCc5ccc(OCCCCCCOC(=O)C=C)cc5)cc4)c(C)c3)cc2)cc1.Cc1cc(O)ccc1O.Cc1cc(OC(=O)c2ccc(O)cc2)ccc1OC(=O)c1ccc(O)cc1.O=C(O)c1ccc(O)cc1.[CH3-]. The van der Waals surface area contributed by atoms with E-state index in [0.717, 1.165) is 123 Å². The molecule has 11 rings (SSSR count). The second-order valence-corrected chi connectivity index (χ2v) is 31.1. The molecule has 0 aromatic heterocycles. The Kier molecular flexibility index (Phi) is 50.3. The minimum Gasteiger partial charge on any atom is -0.508 e. The van der Waals surface area contributed by atoms with Crippen molar-refractivity contribution in [2.24, 2.45) is 0 Å². The first-order valence-corrected chi connectivity index (χ1v) is 45.0. The van der Waals surface area contributed by atoms with E-state index in [1.807, 2.05) is 72.8 Å². The molecule has 0 aliphatic heterocycles. The number of unbranched alkanes of at least 4 members (excludes halogenated alkanes) is 9. The molecule has 7 N–H and O–H groups in total. The predicted molar refractivity (Wildman–Crippen MR) is 526 cm³/mol. The first-order chi connectivity index (χ1) is 67.4. The highest BCUT2D eigenvalue weighted by atomic mass is 16.6. The summed E-state index contributed by atoms with van der Waals surface area (Å²) in [5, 5.41) is 62.1. The second-order valence-electron chi connectivity index (χ2n) is 31.1. The number of hydrogen-bond donors (Lipinski definition) is 7. The zero-order valence-electron chi connectivity index (χ0n) is 79.0. The van der Waals surface area contributed by atoms with Crippen molar-refractivity contribution in [1.29, 1.82) is 0 Å². The van der Waals surface area contributed by atoms with Gasteiger partial charge in [0.15, 0.2) is 0 Å². The van der Waals surface area contributed by atoms with Gasteiger partial charge in [0, 0.05) is 37.5 Å². The molecule has 0 spiro atoms. The molecule has 30 heteroatoms. The number of esters is 9. The molecule has 30 nitrogen and oxygen atoms in total. The van der Waals surface area contributed by atoms with Gasteiger partial charge in [0.1, 0.15) is 80.5 Å². The molecular formula is C111H117O30-. The Morgan fingerprint density at radius 2 is 0.539 bits per heavy atom. The lowest BCUT2D eigenvalue weighted by molar-refractivity contribution is -0.138. The normalized spacial score (nSPS) is 10.2. The third-order valence-electron chi connectivity index (χ3n) is 20.1. The van der Waals surface area contributed by atoms with Crippen molar-refractivity contribution in [3.05, 3.63) is 355 Å². The van der Waals surface area contributed by atoms with Gasteiger partial charge >= 0.3 is 65.7 Å². The van der Waals surface area contributed by atoms with Crippen molar-refractivity contribution >= 4 is 65.7 Å². The fraction of sp³-hybridized carbons (Fsp3) is 0.243. The Balaban J connectivity index is 0.000000347. The van der Waals surface area contributed by atoms with E-state index in [4.69, 9.17) is 82.4 Å². The fourth-order valence-corrected chi connectivity index (χ4v) is 12.3. The summed E-state index contributed by atoms with van der Waals surface area (Å²) in [5.41, 5.74) is 6.00. The number of aromatic carboxylic acids is 1. The average Bonchev–Trinajstić information content (AvgIpc) is 0.844. The van der Waals surface area contributed by atoms with Crippen molar-refractivity contribution in [2.45, 2.75) is 136 Å². The second kappa shape index (κ2) is 62.8. The topological polar surface area (TPSA) is 440 Å². The molecule has 742 valence electrons. The molecule has 0 heterocycles. The van der Waals surface area contributed by atoms with E-state index in [1.54, 1.807) is 32.9 Å². The molecule has 0 aliphatic carbocycles. The van der Waals surface area contributed by atoms with Gasteiger partial charge in [-0.3, -0.25) is 14.4 Å². The summed E-state index contributed by atoms with van der Waals surface area (Å²) in [6, 6.07) is 65.2. The Labute approximate surface area is 818 Å². The van der Waals surface area contributed by atoms with Crippen molar-refractivity contribution < 1.29 is 145 Å². The van der Waals surface area contributed by atoms with Gasteiger partial charge in [0.2, 0.25) is 0 Å². The first kappa shape index (κ1) is 113. The van der Waals surface area contributed by atoms with Gasteiger partial charge in [0.05, 0.1) is 67.5 Å². The standard InChI is InChI=1S/C57H60O14.C21H16O6.C18H24O5.C7H6O3.C7H8O2.CH3/c1-4-52(58)66-38-12-8-6-10-36-64-46-24-14-42(15-25-46)18-34-54(60)68-48-28-20-44(21-29-48)56(62)70-50-32-33-51(41(3)40-50)71-57(63)45-22-30-49(31-23-45)69-55(61)35-19-43-16-26-47(27-17-43)65-37-11-7-9-13-39-67-53(59)5-2;1-13-12-18(26-20(24)14-2-6-16(22)7-3-14)10-11-19(13)27-21(25)15-4-8-17(23)9-5-15;1-2-18(21)23-14-6-4-3-5-13-22-16-10-7-15(8-11-16)9-12-17(19)20;8-6-3-1-5(2-4-6)7(9)10;1-5-4-6(8)2-3-7(5)9;/h4-5,14-17,20-33,40H,1-2,6-13,18-19,34-39H2,3H3;2-12,22-23H,1H3;2,7-8,10-11H,1,3-6,9,12-14H2,(H,19,20);1-4,8H,(H,9,10);2-4,8-9H,1H3;1H3/q;;;;;-1. The summed E-state index contributed by atoms with van der Waals surface area (Å²) in [6.07, 6.45) is 16.4. The van der Waals surface area contributed by atoms with Crippen LogP contribution in [-0.4, -0.2) is 141 Å². The molecule has 141 heavy (non-hydrogen) atoms. The van der Waals surface area contributed by atoms with Gasteiger partial charge in [-0.25, -0.2) is 38.4 Å². The number of hydrogen-bond acceptors (Lipinski definition) is 28. The first-order valence-electron chi connectivity index (χ1n) is 45.0. The number of carboxylic acids is 2. The van der Waals surface area contributed by atoms with E-state index < -0.39 is 59.7 Å². The molecule has 0 saturated heterocycles. The lowest BCUT2D eigenvalue weighted by Crippen LogP contribution is -2.12. The molecule has 0 fully saturated rings. The molecule has 0 amide bonds. The van der Waals surface area contributed by atoms with Crippen LogP contribution in [-0.2, 0) is 62.2 Å². The van der Waals surface area contributed by atoms with Crippen LogP contribution in [0.2, 0.25) is 0 Å². The Bertz CT molecular complexity index is 5830. The van der Waals surface area contributed by atoms with Gasteiger partial charge in [-0.2, -0.15) is 0 Å². The number of benzene rings is 11. The van der Waals surface area contributed by atoms with Crippen LogP contribution in [0.1, 0.15) is 181 Å². The van der Waals surface area contributed by atoms with Crippen LogP contribution in [0.4, 0.5) is 0 Å². The third-order valence-corrected chi connectivity index (χ3v) is 20.1. The van der Waals surface area contributed by atoms with E-state index in [1.165, 1.54) is 170 Å². The van der Waals surface area contributed by atoms with Crippen molar-refractivity contribution in [2.75, 3.05) is 39.6 Å². The van der Waals surface area contributed by atoms with E-state index in [9.17, 15) is 63.0 Å². The molecule has 0 atom stereocenters. The fourth-order valence-electron chi connectivity index (χ4n) is 12.3. The number of carbonyl (C=O) groups is 11. The van der Waals surface area contributed by atoms with Crippen molar-refractivity contribution in [3.8, 4) is 80.5 Å². The predicted octanol–water partition coefficient (Wildman–Crippen LogP) is 21.0. The van der Waals surface area contributed by atoms with Gasteiger partial charge in [-0.15, -0.1) is 0 Å². The van der Waals surface area contributed by atoms with Crippen molar-refractivity contribution in [1.82, 2.24) is 0 Å². The number of rotatable bonds is 47. The number of carboxylic acid groups (broad SMARTS) is 2. The zero-order valence-corrected chi connectivity index (χ0v) is 79.0. The van der Waals surface area contributed by atoms with Crippen molar-refractivity contribution in [3.63, 3.8) is 0 Å². The molecule has 11 aromatic rings. The number of phenolic OH excluding ortho intramolecular Hbond substituents is 5. The third kappa shape index (κ3) is 45.2. The van der Waals surface area contributed by atoms with Gasteiger partial charge in [-0.1, -0.05) is 56.1 Å². The molecule has 0 radical (unpaired) electrons. The minimum atomic E-state index is -0.986. The summed E-state index contributed by atoms with van der Waals surface area (Å²) in [4.78, 5) is 129. The Hall–Kier alpha value is -16.8. The molecule has 0 bridgehead atoms. The summed E-state index contributed by atoms with van der Waals surface area (Å²) in [7, 11) is 0. The number of phenols is 5. The lowest BCUT2D eigenvalue weighted by Gasteiger charge is -2.11. The molecule has 0 aliphatic rings. The summed E-state index contributed by atoms with van der Waals surface area (Å²) in [6.45, 7) is 18.2. The molecule has 0 unspecified atom stereocenters. The quantitative estimate of drug-likeness (QED) is 0.00354. The number of carbonyl (C=O) groups excluding carboxylic acids is 9. The molecular weight excluding hydrogens is 1810 g/mol. The highest BCUT2D eigenvalue weighted by Gasteiger charge is 2.19. The van der Waals surface area contributed by atoms with Crippen LogP contribution in [0.5, 0.6) is 80.5 Å². The monoisotopic (exact) mass is 1930 g/mol. The van der Waals surface area contributed by atoms with Crippen LogP contribution < -0.4 is 42.6 Å². The number of aliphatic carboxylic acids is 1. The maximum atomic E-state index is 13.0. The summed E-state index contributed by atoms with van der Waals surface area (Å²) < 4.78 is 64.8. The maximum Gasteiger partial charge on any atom is 0.343 e.